The van der Waals surface area contributed by atoms with Crippen molar-refractivity contribution >= 4 is 50.0 Å². The molecule has 0 radical (unpaired) electrons. The number of hydrogen-bond donors (Lipinski definition) is 1. The van der Waals surface area contributed by atoms with Crippen LogP contribution >= 0.6 is 22.9 Å². The maximum Gasteiger partial charge on any atom is 0.309 e. The first-order chi connectivity index (χ1) is 13.8. The third-order valence-electron chi connectivity index (χ3n) is 4.38. The van der Waals surface area contributed by atoms with E-state index in [9.17, 15) is 18.0 Å². The first kappa shape index (κ1) is 21.6. The molecule has 0 aliphatic carbocycles. The van der Waals surface area contributed by atoms with Gasteiger partial charge >= 0.3 is 5.97 Å². The molecule has 3 rings (SSSR count). The van der Waals surface area contributed by atoms with Crippen LogP contribution in [-0.2, 0) is 19.6 Å². The van der Waals surface area contributed by atoms with Crippen LogP contribution < -0.4 is 5.32 Å². The van der Waals surface area contributed by atoms with E-state index in [1.54, 1.807) is 31.2 Å². The van der Waals surface area contributed by atoms with Crippen LogP contribution in [0.2, 0.25) is 5.02 Å². The molecule has 0 saturated carbocycles. The van der Waals surface area contributed by atoms with Crippen molar-refractivity contribution in [1.29, 1.82) is 0 Å². The van der Waals surface area contributed by atoms with Gasteiger partial charge in [-0.2, -0.15) is 4.31 Å². The lowest BCUT2D eigenvalue weighted by Crippen LogP contribution is -2.40. The van der Waals surface area contributed by atoms with Crippen molar-refractivity contribution in [1.82, 2.24) is 14.5 Å². The Morgan fingerprint density at radius 2 is 1.97 bits per heavy atom. The molecular weight excluding hydrogens is 440 g/mol. The fourth-order valence-corrected chi connectivity index (χ4v) is 5.60. The highest BCUT2D eigenvalue weighted by Crippen LogP contribution is 2.28. The zero-order valence-electron chi connectivity index (χ0n) is 15.5. The SMILES string of the molecule is CCOC(=O)C1CCN(S(=O)(=O)c2nnc(NC(=O)c3ccccc3Cl)s2)CC1. The normalized spacial score (nSPS) is 15.8. The number of carbonyl (C=O) groups excluding carboxylic acids is 2. The maximum atomic E-state index is 12.8. The van der Waals surface area contributed by atoms with Gasteiger partial charge in [-0.3, -0.25) is 14.9 Å². The van der Waals surface area contributed by atoms with Gasteiger partial charge in [-0.1, -0.05) is 35.1 Å². The Hall–Kier alpha value is -2.08. The second-order valence-corrected chi connectivity index (χ2v) is 9.73. The monoisotopic (exact) mass is 458 g/mol. The average Bonchev–Trinajstić information content (AvgIpc) is 3.18. The lowest BCUT2D eigenvalue weighted by atomic mass is 9.98. The molecule has 156 valence electrons. The number of esters is 1. The maximum absolute atomic E-state index is 12.8. The lowest BCUT2D eigenvalue weighted by molar-refractivity contribution is -0.149. The number of halogens is 1. The number of benzene rings is 1. The van der Waals surface area contributed by atoms with Crippen LogP contribution in [-0.4, -0.2) is 54.5 Å². The number of nitrogens with zero attached hydrogens (tertiary/aromatic N) is 3. The topological polar surface area (TPSA) is 119 Å². The van der Waals surface area contributed by atoms with E-state index < -0.39 is 15.9 Å². The number of amides is 1. The summed E-state index contributed by atoms with van der Waals surface area (Å²) in [6, 6.07) is 6.48. The fraction of sp³-hybridized carbons (Fsp3) is 0.412. The van der Waals surface area contributed by atoms with E-state index in [0.29, 0.717) is 19.4 Å². The van der Waals surface area contributed by atoms with Gasteiger partial charge in [0.15, 0.2) is 0 Å². The molecule has 1 N–H and O–H groups in total. The molecule has 0 unspecified atom stereocenters. The molecule has 29 heavy (non-hydrogen) atoms. The lowest BCUT2D eigenvalue weighted by Gasteiger charge is -2.29. The Balaban J connectivity index is 1.66. The second-order valence-electron chi connectivity index (χ2n) is 6.24. The van der Waals surface area contributed by atoms with Crippen molar-refractivity contribution in [3.63, 3.8) is 0 Å². The van der Waals surface area contributed by atoms with Crippen molar-refractivity contribution in [2.24, 2.45) is 5.92 Å². The summed E-state index contributed by atoms with van der Waals surface area (Å²) in [6.45, 7) is 2.40. The number of anilines is 1. The van der Waals surface area contributed by atoms with Gasteiger partial charge in [0.05, 0.1) is 23.1 Å². The molecule has 1 aromatic carbocycles. The zero-order valence-corrected chi connectivity index (χ0v) is 17.9. The molecule has 0 bridgehead atoms. The predicted octanol–water partition coefficient (Wildman–Crippen LogP) is 2.41. The van der Waals surface area contributed by atoms with Crippen LogP contribution in [0.5, 0.6) is 0 Å². The highest BCUT2D eigenvalue weighted by atomic mass is 35.5. The van der Waals surface area contributed by atoms with E-state index in [0.717, 1.165) is 11.3 Å². The second kappa shape index (κ2) is 9.16. The fourth-order valence-electron chi connectivity index (χ4n) is 2.88. The molecule has 12 heteroatoms. The van der Waals surface area contributed by atoms with Crippen LogP contribution in [0.3, 0.4) is 0 Å². The summed E-state index contributed by atoms with van der Waals surface area (Å²) in [5.41, 5.74) is 0.245. The molecule has 1 aliphatic heterocycles. The average molecular weight is 459 g/mol. The Bertz CT molecular complexity index is 1000. The Labute approximate surface area is 177 Å². The Morgan fingerprint density at radius 3 is 2.62 bits per heavy atom. The summed E-state index contributed by atoms with van der Waals surface area (Å²) >= 11 is 6.75. The molecular formula is C17H19ClN4O5S2. The molecule has 2 heterocycles. The van der Waals surface area contributed by atoms with E-state index in [2.05, 4.69) is 15.5 Å². The molecule has 9 nitrogen and oxygen atoms in total. The van der Waals surface area contributed by atoms with Crippen molar-refractivity contribution in [2.75, 3.05) is 25.0 Å². The van der Waals surface area contributed by atoms with E-state index in [1.165, 1.54) is 4.31 Å². The number of rotatable bonds is 6. The van der Waals surface area contributed by atoms with Gasteiger partial charge in [-0.05, 0) is 31.9 Å². The molecule has 1 saturated heterocycles. The van der Waals surface area contributed by atoms with Crippen LogP contribution in [0.1, 0.15) is 30.1 Å². The predicted molar refractivity (Wildman–Crippen MR) is 107 cm³/mol. The summed E-state index contributed by atoms with van der Waals surface area (Å²) in [5.74, 6) is -1.11. The highest BCUT2D eigenvalue weighted by molar-refractivity contribution is 7.91. The van der Waals surface area contributed by atoms with Crippen molar-refractivity contribution in [2.45, 2.75) is 24.1 Å². The third-order valence-corrected chi connectivity index (χ3v) is 7.79. The van der Waals surface area contributed by atoms with Crippen molar-refractivity contribution < 1.29 is 22.7 Å². The van der Waals surface area contributed by atoms with Gasteiger partial charge in [0.2, 0.25) is 9.47 Å². The molecule has 2 aromatic rings. The van der Waals surface area contributed by atoms with Crippen LogP contribution in [0.4, 0.5) is 5.13 Å². The molecule has 0 atom stereocenters. The quantitative estimate of drug-likeness (QED) is 0.521. The Morgan fingerprint density at radius 1 is 1.28 bits per heavy atom. The van der Waals surface area contributed by atoms with Crippen LogP contribution in [0.25, 0.3) is 0 Å². The molecule has 1 fully saturated rings. The van der Waals surface area contributed by atoms with Crippen molar-refractivity contribution in [3.8, 4) is 0 Å². The minimum absolute atomic E-state index is 0.0508. The van der Waals surface area contributed by atoms with Gasteiger partial charge in [0.1, 0.15) is 0 Å². The van der Waals surface area contributed by atoms with Crippen LogP contribution in [0, 0.1) is 5.92 Å². The summed E-state index contributed by atoms with van der Waals surface area (Å²) in [4.78, 5) is 24.1. The van der Waals surface area contributed by atoms with E-state index in [-0.39, 0.29) is 45.0 Å². The van der Waals surface area contributed by atoms with Gasteiger partial charge in [-0.15, -0.1) is 10.2 Å². The van der Waals surface area contributed by atoms with E-state index in [4.69, 9.17) is 16.3 Å². The Kier molecular flexibility index (Phi) is 6.83. The first-order valence-electron chi connectivity index (χ1n) is 8.89. The van der Waals surface area contributed by atoms with E-state index >= 15 is 0 Å². The van der Waals surface area contributed by atoms with E-state index in [1.807, 2.05) is 0 Å². The standard InChI is InChI=1S/C17H19ClN4O5S2/c1-2-27-15(24)11-7-9-22(10-8-11)29(25,26)17-21-20-16(28-17)19-14(23)12-5-3-4-6-13(12)18/h3-6,11H,2,7-10H2,1H3,(H,19,20,23). The van der Waals surface area contributed by atoms with Gasteiger partial charge < -0.3 is 4.74 Å². The van der Waals surface area contributed by atoms with Crippen LogP contribution in [0.15, 0.2) is 28.6 Å². The van der Waals surface area contributed by atoms with Crippen molar-refractivity contribution in [3.05, 3.63) is 34.9 Å². The first-order valence-corrected chi connectivity index (χ1v) is 11.5. The minimum atomic E-state index is -3.86. The molecule has 0 spiro atoms. The summed E-state index contributed by atoms with van der Waals surface area (Å²) in [6.07, 6.45) is 0.764. The highest BCUT2D eigenvalue weighted by Gasteiger charge is 2.35. The third kappa shape index (κ3) is 4.92. The summed E-state index contributed by atoms with van der Waals surface area (Å²) in [5, 5.41) is 10.3. The van der Waals surface area contributed by atoms with Gasteiger partial charge in [-0.25, -0.2) is 8.42 Å². The number of hydrogen-bond acceptors (Lipinski definition) is 8. The number of ether oxygens (including phenoxy) is 1. The molecule has 1 amide bonds. The summed E-state index contributed by atoms with van der Waals surface area (Å²) in [7, 11) is -3.86. The number of aromatic nitrogens is 2. The van der Waals surface area contributed by atoms with Gasteiger partial charge in [0, 0.05) is 13.1 Å². The number of piperidine rings is 1. The minimum Gasteiger partial charge on any atom is -0.466 e. The smallest absolute Gasteiger partial charge is 0.309 e. The molecule has 1 aliphatic rings. The number of sulfonamides is 1. The summed E-state index contributed by atoms with van der Waals surface area (Å²) < 4.78 is 31.6. The molecule has 1 aromatic heterocycles. The number of nitrogens with one attached hydrogen (secondary N) is 1. The number of carbonyl (C=O) groups is 2. The zero-order chi connectivity index (χ0) is 21.0. The largest absolute Gasteiger partial charge is 0.466 e. The van der Waals surface area contributed by atoms with Gasteiger partial charge in [0.25, 0.3) is 15.9 Å².